The molecule has 1 rings (SSSR count). The van der Waals surface area contributed by atoms with E-state index in [4.69, 9.17) is 8.85 Å². The van der Waals surface area contributed by atoms with Crippen molar-refractivity contribution in [1.29, 1.82) is 0 Å². The first kappa shape index (κ1) is 28.5. The van der Waals surface area contributed by atoms with E-state index in [0.717, 1.165) is 12.8 Å². The smallest absolute Gasteiger partial charge is 0.206 e. The van der Waals surface area contributed by atoms with Crippen molar-refractivity contribution in [3.8, 4) is 0 Å². The minimum absolute atomic E-state index is 0.0430. The highest BCUT2D eigenvalue weighted by atomic mass is 28.4. The third-order valence-electron chi connectivity index (χ3n) is 7.04. The predicted molar refractivity (Wildman–Crippen MR) is 138 cm³/mol. The Morgan fingerprint density at radius 1 is 1.19 bits per heavy atom. The van der Waals surface area contributed by atoms with Gasteiger partial charge in [0.15, 0.2) is 14.1 Å². The molecule has 0 amide bonds. The maximum Gasteiger partial charge on any atom is 0.206 e. The van der Waals surface area contributed by atoms with Crippen molar-refractivity contribution < 1.29 is 13.6 Å². The van der Waals surface area contributed by atoms with Gasteiger partial charge < -0.3 is 8.85 Å². The van der Waals surface area contributed by atoms with Gasteiger partial charge in [-0.05, 0) is 43.1 Å². The van der Waals surface area contributed by atoms with Crippen LogP contribution in [0.1, 0.15) is 80.6 Å². The molecular weight excluding hydrogens is 416 g/mol. The lowest BCUT2D eigenvalue weighted by atomic mass is 9.71. The highest BCUT2D eigenvalue weighted by Crippen LogP contribution is 2.50. The van der Waals surface area contributed by atoms with Crippen LogP contribution in [0.2, 0.25) is 31.2 Å². The van der Waals surface area contributed by atoms with Crippen LogP contribution < -0.4 is 0 Å². The average Bonchev–Trinajstić information content (AvgIpc) is 2.83. The summed E-state index contributed by atoms with van der Waals surface area (Å²) >= 11 is 0. The predicted octanol–water partition coefficient (Wildman–Crippen LogP) is 7.71. The quantitative estimate of drug-likeness (QED) is 0.143. The zero-order valence-corrected chi connectivity index (χ0v) is 24.3. The largest absolute Gasteiger partial charge is 0.411 e. The SMILES string of the molecule is C=C1C(=O)C[C@@H](C(C)(C)C)[C@]1(/C=C/[C@H](CCCCC)O[Si](C)(C)C(C)(C)C)O[Si](C)C. The van der Waals surface area contributed by atoms with E-state index in [1.54, 1.807) is 0 Å². The van der Waals surface area contributed by atoms with E-state index in [1.807, 2.05) is 0 Å². The van der Waals surface area contributed by atoms with Crippen molar-refractivity contribution in [3.63, 3.8) is 0 Å². The molecule has 1 saturated carbocycles. The number of Topliss-reactive ketones (excluding diaryl/α,β-unsaturated/α-hetero) is 1. The first-order valence-electron chi connectivity index (χ1n) is 12.1. The zero-order chi connectivity index (χ0) is 24.3. The number of unbranched alkanes of at least 4 members (excludes halogenated alkanes) is 2. The van der Waals surface area contributed by atoms with Gasteiger partial charge in [-0.1, -0.05) is 86.5 Å². The van der Waals surface area contributed by atoms with Crippen molar-refractivity contribution in [2.45, 2.75) is 124 Å². The van der Waals surface area contributed by atoms with Gasteiger partial charge in [0.25, 0.3) is 0 Å². The van der Waals surface area contributed by atoms with Crippen molar-refractivity contribution in [2.24, 2.45) is 11.3 Å². The number of ketones is 1. The summed E-state index contributed by atoms with van der Waals surface area (Å²) in [7, 11) is -2.97. The highest BCUT2D eigenvalue weighted by Gasteiger charge is 2.54. The van der Waals surface area contributed by atoms with Crippen LogP contribution in [0, 0.1) is 11.3 Å². The van der Waals surface area contributed by atoms with Crippen molar-refractivity contribution in [1.82, 2.24) is 0 Å². The zero-order valence-electron chi connectivity index (χ0n) is 22.3. The van der Waals surface area contributed by atoms with E-state index in [0.29, 0.717) is 12.0 Å². The molecule has 0 aromatic carbocycles. The summed E-state index contributed by atoms with van der Waals surface area (Å²) in [4.78, 5) is 12.8. The molecule has 31 heavy (non-hydrogen) atoms. The Morgan fingerprint density at radius 3 is 2.23 bits per heavy atom. The molecule has 0 bridgehead atoms. The molecule has 3 nitrogen and oxygen atoms in total. The molecule has 1 aliphatic rings. The number of carbonyl (C=O) groups is 1. The Bertz CT molecular complexity index is 653. The molecule has 1 radical (unpaired) electrons. The second-order valence-corrected chi connectivity index (χ2v) is 18.9. The monoisotopic (exact) mass is 465 g/mol. The van der Waals surface area contributed by atoms with Crippen molar-refractivity contribution in [3.05, 3.63) is 24.3 Å². The summed E-state index contributed by atoms with van der Waals surface area (Å²) in [6.07, 6.45) is 9.47. The normalized spacial score (nSPS) is 24.6. The van der Waals surface area contributed by atoms with Gasteiger partial charge in [0.05, 0.1) is 6.10 Å². The van der Waals surface area contributed by atoms with Gasteiger partial charge in [-0.2, -0.15) is 0 Å². The van der Waals surface area contributed by atoms with Crippen LogP contribution in [-0.2, 0) is 13.6 Å². The van der Waals surface area contributed by atoms with Gasteiger partial charge in [-0.15, -0.1) is 0 Å². The highest BCUT2D eigenvalue weighted by molar-refractivity contribution is 6.74. The second-order valence-electron chi connectivity index (χ2n) is 12.1. The Labute approximate surface area is 195 Å². The molecule has 0 saturated heterocycles. The molecule has 0 aromatic heterocycles. The third kappa shape index (κ3) is 7.24. The van der Waals surface area contributed by atoms with E-state index in [1.165, 1.54) is 12.8 Å². The van der Waals surface area contributed by atoms with Crippen LogP contribution in [0.4, 0.5) is 0 Å². The molecule has 0 aromatic rings. The van der Waals surface area contributed by atoms with E-state index in [9.17, 15) is 4.79 Å². The molecule has 1 fully saturated rings. The maximum absolute atomic E-state index is 12.8. The summed E-state index contributed by atoms with van der Waals surface area (Å²) < 4.78 is 13.5. The summed E-state index contributed by atoms with van der Waals surface area (Å²) in [6, 6.07) is 0. The van der Waals surface area contributed by atoms with Crippen LogP contribution in [0.15, 0.2) is 24.3 Å². The first-order chi connectivity index (χ1) is 14.0. The lowest BCUT2D eigenvalue weighted by molar-refractivity contribution is -0.115. The minimum Gasteiger partial charge on any atom is -0.411 e. The molecule has 3 atom stereocenters. The minimum atomic E-state index is -1.92. The van der Waals surface area contributed by atoms with Crippen LogP contribution in [-0.4, -0.2) is 34.8 Å². The van der Waals surface area contributed by atoms with Gasteiger partial charge in [0.1, 0.15) is 5.60 Å². The van der Waals surface area contributed by atoms with Gasteiger partial charge in [-0.25, -0.2) is 0 Å². The van der Waals surface area contributed by atoms with E-state index in [-0.39, 0.29) is 28.3 Å². The molecule has 0 aliphatic heterocycles. The molecule has 0 heterocycles. The molecule has 179 valence electrons. The van der Waals surface area contributed by atoms with Gasteiger partial charge in [-0.3, -0.25) is 4.79 Å². The van der Waals surface area contributed by atoms with Crippen LogP contribution in [0.5, 0.6) is 0 Å². The fourth-order valence-corrected chi connectivity index (χ4v) is 6.47. The van der Waals surface area contributed by atoms with E-state index >= 15 is 0 Å². The number of carbonyl (C=O) groups excluding carboxylic acids is 1. The van der Waals surface area contributed by atoms with E-state index < -0.39 is 23.0 Å². The molecule has 0 unspecified atom stereocenters. The molecule has 1 aliphatic carbocycles. The summed E-state index contributed by atoms with van der Waals surface area (Å²) in [5.41, 5.74) is -0.156. The second kappa shape index (κ2) is 10.6. The molecule has 0 N–H and O–H groups in total. The Balaban J connectivity index is 3.38. The Hall–Kier alpha value is -0.496. The number of hydrogen-bond donors (Lipinski definition) is 0. The number of rotatable bonds is 10. The average molecular weight is 466 g/mol. The summed E-state index contributed by atoms with van der Waals surface area (Å²) in [5.74, 6) is 0.223. The molecule has 5 heteroatoms. The molecule has 0 spiro atoms. The fourth-order valence-electron chi connectivity index (χ4n) is 4.15. The van der Waals surface area contributed by atoms with Crippen LogP contribution in [0.25, 0.3) is 0 Å². The van der Waals surface area contributed by atoms with Crippen molar-refractivity contribution >= 4 is 23.1 Å². The summed E-state index contributed by atoms with van der Waals surface area (Å²) in [5, 5.41) is 0.155. The lowest BCUT2D eigenvalue weighted by Gasteiger charge is -2.42. The summed E-state index contributed by atoms with van der Waals surface area (Å²) in [6.45, 7) is 28.8. The maximum atomic E-state index is 12.8. The first-order valence-corrected chi connectivity index (χ1v) is 17.4. The van der Waals surface area contributed by atoms with Gasteiger partial charge >= 0.3 is 0 Å². The van der Waals surface area contributed by atoms with Gasteiger partial charge in [0, 0.05) is 17.9 Å². The Kier molecular flexibility index (Phi) is 9.78. The topological polar surface area (TPSA) is 35.5 Å². The number of hydrogen-bond acceptors (Lipinski definition) is 3. The van der Waals surface area contributed by atoms with Crippen LogP contribution >= 0.6 is 0 Å². The van der Waals surface area contributed by atoms with Crippen LogP contribution in [0.3, 0.4) is 0 Å². The van der Waals surface area contributed by atoms with Gasteiger partial charge in [0.2, 0.25) is 9.04 Å². The fraction of sp³-hybridized carbons (Fsp3) is 0.808. The van der Waals surface area contributed by atoms with Crippen molar-refractivity contribution in [2.75, 3.05) is 0 Å². The van der Waals surface area contributed by atoms with E-state index in [2.05, 4.69) is 93.4 Å². The standard InChI is InChI=1S/C26H49O3Si2/c1-13-14-15-16-21(28-31(11,12)25(6,7)8)17-18-26(29-30(9)10)20(2)22(27)19-23(26)24(3,4)5/h17-18,21,23H,2,13-16,19H2,1,3-12H3/b18-17+/t21-,23-,26+/m0/s1. The molecular formula is C26H49O3Si2. The Morgan fingerprint density at radius 2 is 1.77 bits per heavy atom. The lowest BCUT2D eigenvalue weighted by Crippen LogP contribution is -2.46. The third-order valence-corrected chi connectivity index (χ3v) is 12.3.